The normalized spacial score (nSPS) is 11.7. The predicted octanol–water partition coefficient (Wildman–Crippen LogP) is 1.44. The molecule has 1 rings (SSSR count). The average molecular weight is 271 g/mol. The molecule has 0 aliphatic rings. The zero-order valence-electron chi connectivity index (χ0n) is 10.3. The molecule has 1 aromatic rings. The summed E-state index contributed by atoms with van der Waals surface area (Å²) in [6.45, 7) is 8.65. The van der Waals surface area contributed by atoms with Crippen LogP contribution >= 0.6 is 0 Å². The summed E-state index contributed by atoms with van der Waals surface area (Å²) < 4.78 is 31.1. The Hall–Kier alpha value is -1.37. The van der Waals surface area contributed by atoms with Crippen LogP contribution in [-0.4, -0.2) is 30.9 Å². The molecule has 100 valence electrons. The van der Waals surface area contributed by atoms with Gasteiger partial charge in [0, 0.05) is 19.2 Å². The molecule has 1 heterocycles. The Morgan fingerprint density at radius 3 is 2.33 bits per heavy atom. The van der Waals surface area contributed by atoms with E-state index in [1.807, 2.05) is 0 Å². The lowest BCUT2D eigenvalue weighted by Crippen LogP contribution is -2.31. The first-order valence-corrected chi connectivity index (χ1v) is 6.83. The van der Waals surface area contributed by atoms with E-state index in [-0.39, 0.29) is 36.1 Å². The fourth-order valence-electron chi connectivity index (χ4n) is 1.56. The van der Waals surface area contributed by atoms with Crippen LogP contribution in [0.2, 0.25) is 0 Å². The summed E-state index contributed by atoms with van der Waals surface area (Å²) in [7, 11) is -3.66. The van der Waals surface area contributed by atoms with E-state index in [0.717, 1.165) is 0 Å². The van der Waals surface area contributed by atoms with Gasteiger partial charge >= 0.3 is 0 Å². The Kier molecular flexibility index (Phi) is 4.89. The highest BCUT2D eigenvalue weighted by atomic mass is 32.2. The summed E-state index contributed by atoms with van der Waals surface area (Å²) in [4.78, 5) is 0.0650. The Labute approximate surface area is 107 Å². The van der Waals surface area contributed by atoms with E-state index >= 15 is 0 Å². The molecular formula is C12H17NO4S. The summed E-state index contributed by atoms with van der Waals surface area (Å²) in [6, 6.07) is 1.34. The monoisotopic (exact) mass is 271 g/mol. The highest BCUT2D eigenvalue weighted by molar-refractivity contribution is 7.89. The van der Waals surface area contributed by atoms with Gasteiger partial charge in [0.2, 0.25) is 10.0 Å². The number of aliphatic hydroxyl groups is 1. The number of aliphatic hydroxyl groups excluding tert-OH is 1. The molecule has 0 aliphatic carbocycles. The van der Waals surface area contributed by atoms with E-state index in [9.17, 15) is 8.42 Å². The van der Waals surface area contributed by atoms with Gasteiger partial charge in [0.1, 0.15) is 23.0 Å². The first-order valence-electron chi connectivity index (χ1n) is 5.39. The Morgan fingerprint density at radius 2 is 1.94 bits per heavy atom. The number of sulfonamides is 1. The van der Waals surface area contributed by atoms with Crippen molar-refractivity contribution in [2.75, 3.05) is 13.1 Å². The first kappa shape index (κ1) is 14.7. The maximum absolute atomic E-state index is 12.4. The second-order valence-electron chi connectivity index (χ2n) is 3.69. The second-order valence-corrected chi connectivity index (χ2v) is 5.60. The van der Waals surface area contributed by atoms with Gasteiger partial charge < -0.3 is 9.52 Å². The quantitative estimate of drug-likeness (QED) is 0.762. The molecule has 1 N–H and O–H groups in total. The van der Waals surface area contributed by atoms with Crippen LogP contribution in [0.25, 0.3) is 0 Å². The number of rotatable bonds is 7. The third-order valence-electron chi connectivity index (χ3n) is 2.36. The molecule has 0 radical (unpaired) electrons. The van der Waals surface area contributed by atoms with Gasteiger partial charge in [-0.05, 0) is 6.92 Å². The minimum atomic E-state index is -3.66. The molecular weight excluding hydrogens is 254 g/mol. The molecule has 0 atom stereocenters. The van der Waals surface area contributed by atoms with E-state index < -0.39 is 10.0 Å². The molecule has 0 saturated carbocycles. The Morgan fingerprint density at radius 1 is 1.39 bits per heavy atom. The van der Waals surface area contributed by atoms with Gasteiger partial charge in [0.25, 0.3) is 0 Å². The lowest BCUT2D eigenvalue weighted by molar-refractivity contribution is 0.244. The van der Waals surface area contributed by atoms with E-state index in [1.165, 1.54) is 22.5 Å². The lowest BCUT2D eigenvalue weighted by Gasteiger charge is -2.18. The van der Waals surface area contributed by atoms with Crippen molar-refractivity contribution >= 4 is 10.0 Å². The number of hydrogen-bond acceptors (Lipinski definition) is 4. The summed E-state index contributed by atoms with van der Waals surface area (Å²) in [5.74, 6) is 0.486. The average Bonchev–Trinajstić information content (AvgIpc) is 2.71. The van der Waals surface area contributed by atoms with Crippen molar-refractivity contribution in [2.24, 2.45) is 0 Å². The topological polar surface area (TPSA) is 70.8 Å². The fraction of sp³-hybridized carbons (Fsp3) is 0.333. The van der Waals surface area contributed by atoms with Gasteiger partial charge in [0.05, 0.1) is 0 Å². The van der Waals surface area contributed by atoms with Crippen LogP contribution in [0.1, 0.15) is 11.5 Å². The molecule has 0 aromatic carbocycles. The minimum absolute atomic E-state index is 0.0650. The van der Waals surface area contributed by atoms with E-state index in [0.29, 0.717) is 0 Å². The molecule has 0 amide bonds. The van der Waals surface area contributed by atoms with Crippen molar-refractivity contribution in [3.05, 3.63) is 42.9 Å². The van der Waals surface area contributed by atoms with Crippen molar-refractivity contribution in [3.8, 4) is 0 Å². The van der Waals surface area contributed by atoms with Gasteiger partial charge in [0.15, 0.2) is 0 Å². The molecule has 1 aromatic heterocycles. The highest BCUT2D eigenvalue weighted by Gasteiger charge is 2.27. The molecule has 0 aliphatic heterocycles. The maximum atomic E-state index is 12.4. The third kappa shape index (κ3) is 2.90. The molecule has 5 nitrogen and oxygen atoms in total. The van der Waals surface area contributed by atoms with E-state index in [2.05, 4.69) is 13.2 Å². The second kappa shape index (κ2) is 5.99. The molecule has 6 heteroatoms. The van der Waals surface area contributed by atoms with Crippen molar-refractivity contribution in [1.29, 1.82) is 0 Å². The van der Waals surface area contributed by atoms with Gasteiger partial charge in [-0.3, -0.25) is 0 Å². The minimum Gasteiger partial charge on any atom is -0.462 e. The Balaban J connectivity index is 3.20. The summed E-state index contributed by atoms with van der Waals surface area (Å²) in [6.07, 6.45) is 3.01. The van der Waals surface area contributed by atoms with Gasteiger partial charge in [-0.15, -0.1) is 13.2 Å². The Bertz CT molecular complexity index is 520. The summed E-state index contributed by atoms with van der Waals surface area (Å²) in [5, 5.41) is 8.95. The van der Waals surface area contributed by atoms with Crippen LogP contribution in [-0.2, 0) is 16.6 Å². The van der Waals surface area contributed by atoms with Crippen molar-refractivity contribution in [1.82, 2.24) is 4.31 Å². The summed E-state index contributed by atoms with van der Waals surface area (Å²) in [5.41, 5.74) is 0. The largest absolute Gasteiger partial charge is 0.462 e. The smallest absolute Gasteiger partial charge is 0.247 e. The van der Waals surface area contributed by atoms with Crippen LogP contribution in [0.3, 0.4) is 0 Å². The maximum Gasteiger partial charge on any atom is 0.247 e. The number of furan rings is 1. The van der Waals surface area contributed by atoms with Crippen LogP contribution in [0.4, 0.5) is 0 Å². The lowest BCUT2D eigenvalue weighted by atomic mass is 10.4. The fourth-order valence-corrected chi connectivity index (χ4v) is 3.12. The molecule has 0 bridgehead atoms. The standard InChI is InChI=1S/C12H17NO4S/c1-4-6-13(7-5-2)18(15,16)12-8-11(9-14)17-10(12)3/h4-5,8,14H,1-2,6-7,9H2,3H3. The molecule has 18 heavy (non-hydrogen) atoms. The zero-order valence-corrected chi connectivity index (χ0v) is 11.1. The van der Waals surface area contributed by atoms with Crippen molar-refractivity contribution < 1.29 is 17.9 Å². The van der Waals surface area contributed by atoms with Crippen molar-refractivity contribution in [3.63, 3.8) is 0 Å². The molecule has 0 fully saturated rings. The van der Waals surface area contributed by atoms with Crippen molar-refractivity contribution in [2.45, 2.75) is 18.4 Å². The van der Waals surface area contributed by atoms with Gasteiger partial charge in [-0.1, -0.05) is 12.2 Å². The van der Waals surface area contributed by atoms with E-state index in [4.69, 9.17) is 9.52 Å². The van der Waals surface area contributed by atoms with Gasteiger partial charge in [-0.25, -0.2) is 8.42 Å². The third-order valence-corrected chi connectivity index (χ3v) is 4.30. The first-order chi connectivity index (χ1) is 8.47. The predicted molar refractivity (Wildman–Crippen MR) is 68.5 cm³/mol. The van der Waals surface area contributed by atoms with Crippen LogP contribution in [0.15, 0.2) is 40.7 Å². The van der Waals surface area contributed by atoms with E-state index in [1.54, 1.807) is 6.92 Å². The SMILES string of the molecule is C=CCN(CC=C)S(=O)(=O)c1cc(CO)oc1C. The molecule has 0 unspecified atom stereocenters. The number of aryl methyl sites for hydroxylation is 1. The molecule has 0 spiro atoms. The highest BCUT2D eigenvalue weighted by Crippen LogP contribution is 2.23. The van der Waals surface area contributed by atoms with Crippen LogP contribution in [0.5, 0.6) is 0 Å². The molecule has 0 saturated heterocycles. The van der Waals surface area contributed by atoms with Gasteiger partial charge in [-0.2, -0.15) is 4.31 Å². The number of hydrogen-bond donors (Lipinski definition) is 1. The van der Waals surface area contributed by atoms with Crippen LogP contribution in [0, 0.1) is 6.92 Å². The summed E-state index contributed by atoms with van der Waals surface area (Å²) >= 11 is 0. The van der Waals surface area contributed by atoms with Crippen LogP contribution < -0.4 is 0 Å². The zero-order chi connectivity index (χ0) is 13.8. The number of nitrogens with zero attached hydrogens (tertiary/aromatic N) is 1.